The van der Waals surface area contributed by atoms with Crippen molar-refractivity contribution in [1.82, 2.24) is 15.1 Å². The number of piperidine rings is 1. The predicted octanol–water partition coefficient (Wildman–Crippen LogP) is 4.24. The monoisotopic (exact) mass is 460 g/mol. The Labute approximate surface area is 193 Å². The third-order valence-electron chi connectivity index (χ3n) is 6.69. The lowest BCUT2D eigenvalue weighted by molar-refractivity contribution is 0.169. The smallest absolute Gasteiger partial charge is 0.317 e. The molecule has 2 heterocycles. The molecular formula is C25H31F3N4O. The molecule has 0 bridgehead atoms. The molecule has 2 aliphatic heterocycles. The Bertz CT molecular complexity index is 903. The maximum atomic E-state index is 13.5. The SMILES string of the molecule is O=C(NCCC1CCN(Cc2ccccc2)CC1)N1CCN(c2cc(F)c(F)c(F)c2)CC1. The summed E-state index contributed by atoms with van der Waals surface area (Å²) in [5.74, 6) is -3.23. The number of anilines is 1. The fourth-order valence-electron chi connectivity index (χ4n) is 4.66. The van der Waals surface area contributed by atoms with Gasteiger partial charge in [0.25, 0.3) is 0 Å². The Balaban J connectivity index is 1.14. The van der Waals surface area contributed by atoms with Gasteiger partial charge >= 0.3 is 6.03 Å². The van der Waals surface area contributed by atoms with Crippen LogP contribution in [-0.4, -0.2) is 61.6 Å². The second-order valence-electron chi connectivity index (χ2n) is 8.92. The van der Waals surface area contributed by atoms with Gasteiger partial charge in [-0.25, -0.2) is 18.0 Å². The van der Waals surface area contributed by atoms with E-state index in [0.717, 1.165) is 51.0 Å². The average Bonchev–Trinajstić information content (AvgIpc) is 2.84. The predicted molar refractivity (Wildman–Crippen MR) is 123 cm³/mol. The van der Waals surface area contributed by atoms with Gasteiger partial charge in [0.1, 0.15) is 0 Å². The minimum atomic E-state index is -1.46. The Morgan fingerprint density at radius 3 is 2.18 bits per heavy atom. The molecule has 178 valence electrons. The maximum absolute atomic E-state index is 13.5. The Kier molecular flexibility index (Phi) is 7.75. The maximum Gasteiger partial charge on any atom is 0.317 e. The first kappa shape index (κ1) is 23.4. The van der Waals surface area contributed by atoms with Crippen molar-refractivity contribution >= 4 is 11.7 Å². The summed E-state index contributed by atoms with van der Waals surface area (Å²) in [6.07, 6.45) is 3.26. The fourth-order valence-corrected chi connectivity index (χ4v) is 4.66. The highest BCUT2D eigenvalue weighted by atomic mass is 19.2. The molecule has 2 aromatic carbocycles. The van der Waals surface area contributed by atoms with E-state index in [1.807, 2.05) is 6.07 Å². The van der Waals surface area contributed by atoms with Gasteiger partial charge in [0.15, 0.2) is 17.5 Å². The zero-order valence-electron chi connectivity index (χ0n) is 18.8. The molecule has 2 amide bonds. The first-order valence-corrected chi connectivity index (χ1v) is 11.7. The van der Waals surface area contributed by atoms with Gasteiger partial charge in [-0.3, -0.25) is 4.90 Å². The molecule has 0 aromatic heterocycles. The lowest BCUT2D eigenvalue weighted by Gasteiger charge is -2.36. The molecule has 1 N–H and O–H groups in total. The highest BCUT2D eigenvalue weighted by molar-refractivity contribution is 5.74. The summed E-state index contributed by atoms with van der Waals surface area (Å²) in [7, 11) is 0. The van der Waals surface area contributed by atoms with Gasteiger partial charge in [-0.1, -0.05) is 30.3 Å². The van der Waals surface area contributed by atoms with E-state index < -0.39 is 17.5 Å². The molecule has 0 aliphatic carbocycles. The van der Waals surface area contributed by atoms with Crippen molar-refractivity contribution in [3.8, 4) is 0 Å². The minimum absolute atomic E-state index is 0.104. The molecule has 2 aliphatic rings. The normalized spacial score (nSPS) is 17.9. The molecule has 0 saturated carbocycles. The van der Waals surface area contributed by atoms with Crippen molar-refractivity contribution in [3.63, 3.8) is 0 Å². The van der Waals surface area contributed by atoms with Crippen LogP contribution in [0.2, 0.25) is 0 Å². The molecule has 33 heavy (non-hydrogen) atoms. The molecule has 4 rings (SSSR count). The van der Waals surface area contributed by atoms with Crippen LogP contribution in [0.1, 0.15) is 24.8 Å². The molecular weight excluding hydrogens is 429 g/mol. The second kappa shape index (κ2) is 10.9. The van der Waals surface area contributed by atoms with Gasteiger partial charge in [-0.15, -0.1) is 0 Å². The van der Waals surface area contributed by atoms with Crippen molar-refractivity contribution in [2.45, 2.75) is 25.8 Å². The van der Waals surface area contributed by atoms with Crippen LogP contribution >= 0.6 is 0 Å². The topological polar surface area (TPSA) is 38.8 Å². The van der Waals surface area contributed by atoms with Gasteiger partial charge in [-0.05, 0) is 43.8 Å². The number of carbonyl (C=O) groups excluding carboxylic acids is 1. The van der Waals surface area contributed by atoms with E-state index in [0.29, 0.717) is 44.3 Å². The summed E-state index contributed by atoms with van der Waals surface area (Å²) in [6.45, 7) is 5.59. The van der Waals surface area contributed by atoms with E-state index in [9.17, 15) is 18.0 Å². The van der Waals surface area contributed by atoms with E-state index >= 15 is 0 Å². The van der Waals surface area contributed by atoms with E-state index in [1.54, 1.807) is 9.80 Å². The number of piperazine rings is 1. The highest BCUT2D eigenvalue weighted by Crippen LogP contribution is 2.23. The summed E-state index contributed by atoms with van der Waals surface area (Å²) in [5.41, 5.74) is 1.64. The van der Waals surface area contributed by atoms with Gasteiger partial charge in [0.2, 0.25) is 0 Å². The number of benzene rings is 2. The summed E-state index contributed by atoms with van der Waals surface area (Å²) in [5, 5.41) is 3.02. The summed E-state index contributed by atoms with van der Waals surface area (Å²) >= 11 is 0. The summed E-state index contributed by atoms with van der Waals surface area (Å²) in [4.78, 5) is 18.5. The number of carbonyl (C=O) groups is 1. The number of likely N-dealkylation sites (tertiary alicyclic amines) is 1. The van der Waals surface area contributed by atoms with E-state index in [4.69, 9.17) is 0 Å². The number of rotatable bonds is 6. The molecule has 0 spiro atoms. The average molecular weight is 461 g/mol. The number of nitrogens with one attached hydrogen (secondary N) is 1. The lowest BCUT2D eigenvalue weighted by atomic mass is 9.93. The van der Waals surface area contributed by atoms with Crippen LogP contribution in [0.25, 0.3) is 0 Å². The van der Waals surface area contributed by atoms with Crippen LogP contribution in [0.5, 0.6) is 0 Å². The molecule has 2 aromatic rings. The van der Waals surface area contributed by atoms with Crippen molar-refractivity contribution < 1.29 is 18.0 Å². The van der Waals surface area contributed by atoms with Crippen molar-refractivity contribution in [1.29, 1.82) is 0 Å². The first-order chi connectivity index (χ1) is 16.0. The number of amides is 2. The molecule has 2 fully saturated rings. The van der Waals surface area contributed by atoms with Crippen LogP contribution in [0.4, 0.5) is 23.7 Å². The fraction of sp³-hybridized carbons (Fsp3) is 0.480. The number of nitrogens with zero attached hydrogens (tertiary/aromatic N) is 3. The largest absolute Gasteiger partial charge is 0.368 e. The second-order valence-corrected chi connectivity index (χ2v) is 8.92. The van der Waals surface area contributed by atoms with Crippen molar-refractivity contribution in [2.75, 3.05) is 50.7 Å². The van der Waals surface area contributed by atoms with E-state index in [-0.39, 0.29) is 6.03 Å². The zero-order valence-corrected chi connectivity index (χ0v) is 18.8. The third-order valence-corrected chi connectivity index (χ3v) is 6.69. The quantitative estimate of drug-likeness (QED) is 0.656. The lowest BCUT2D eigenvalue weighted by Crippen LogP contribution is -2.52. The van der Waals surface area contributed by atoms with Gasteiger partial charge in [-0.2, -0.15) is 0 Å². The zero-order chi connectivity index (χ0) is 23.2. The first-order valence-electron chi connectivity index (χ1n) is 11.7. The van der Waals surface area contributed by atoms with Crippen molar-refractivity contribution in [2.24, 2.45) is 5.92 Å². The number of hydrogen-bond donors (Lipinski definition) is 1. The molecule has 0 atom stereocenters. The van der Waals surface area contributed by atoms with E-state index in [2.05, 4.69) is 34.5 Å². The number of hydrogen-bond acceptors (Lipinski definition) is 3. The minimum Gasteiger partial charge on any atom is -0.368 e. The van der Waals surface area contributed by atoms with Gasteiger partial charge in [0, 0.05) is 57.1 Å². The third kappa shape index (κ3) is 6.19. The Morgan fingerprint density at radius 1 is 0.909 bits per heavy atom. The summed E-state index contributed by atoms with van der Waals surface area (Å²) < 4.78 is 40.2. The van der Waals surface area contributed by atoms with Gasteiger partial charge in [0.05, 0.1) is 0 Å². The summed E-state index contributed by atoms with van der Waals surface area (Å²) in [6, 6.07) is 12.4. The standard InChI is InChI=1S/C25H31F3N4O/c26-22-16-21(17-23(27)24(22)28)31-12-14-32(15-13-31)25(33)29-9-6-19-7-10-30(11-8-19)18-20-4-2-1-3-5-20/h1-5,16-17,19H,6-15,18H2,(H,29,33). The molecule has 5 nitrogen and oxygen atoms in total. The number of urea groups is 1. The van der Waals surface area contributed by atoms with Crippen LogP contribution < -0.4 is 10.2 Å². The Hall–Kier alpha value is -2.74. The van der Waals surface area contributed by atoms with Crippen LogP contribution in [0.3, 0.4) is 0 Å². The van der Waals surface area contributed by atoms with E-state index in [1.165, 1.54) is 5.56 Å². The molecule has 0 radical (unpaired) electrons. The van der Waals surface area contributed by atoms with Crippen molar-refractivity contribution in [3.05, 3.63) is 65.5 Å². The van der Waals surface area contributed by atoms with Crippen LogP contribution in [-0.2, 0) is 6.54 Å². The molecule has 8 heteroatoms. The Morgan fingerprint density at radius 2 is 1.55 bits per heavy atom. The van der Waals surface area contributed by atoms with Crippen LogP contribution in [0.15, 0.2) is 42.5 Å². The van der Waals surface area contributed by atoms with Gasteiger partial charge < -0.3 is 15.1 Å². The molecule has 2 saturated heterocycles. The number of halogens is 3. The highest BCUT2D eigenvalue weighted by Gasteiger charge is 2.24. The van der Waals surface area contributed by atoms with Crippen LogP contribution in [0, 0.1) is 23.4 Å². The molecule has 0 unspecified atom stereocenters.